The van der Waals surface area contributed by atoms with Gasteiger partial charge in [-0.25, -0.2) is 0 Å². The number of benzene rings is 1. The molecule has 0 aliphatic carbocycles. The maximum atomic E-state index is 5.59. The lowest BCUT2D eigenvalue weighted by Crippen LogP contribution is -2.34. The molecule has 0 unspecified atom stereocenters. The van der Waals surface area contributed by atoms with E-state index in [-0.39, 0.29) is 0 Å². The normalized spacial score (nSPS) is 15.3. The molecule has 0 bridgehead atoms. The highest BCUT2D eigenvalue weighted by Gasteiger charge is 2.09. The number of para-hydroxylation sites is 2. The number of likely N-dealkylation sites (tertiary alicyclic amines) is 1. The quantitative estimate of drug-likeness (QED) is 0.595. The van der Waals surface area contributed by atoms with Crippen molar-refractivity contribution in [3.05, 3.63) is 24.3 Å². The first kappa shape index (κ1) is 17.0. The van der Waals surface area contributed by atoms with Gasteiger partial charge in [0.15, 0.2) is 5.11 Å². The Bertz CT molecular complexity index is 461. The van der Waals surface area contributed by atoms with Gasteiger partial charge in [0.1, 0.15) is 5.75 Å². The van der Waals surface area contributed by atoms with Crippen LogP contribution >= 0.6 is 12.2 Å². The molecule has 1 aromatic carbocycles. The zero-order valence-electron chi connectivity index (χ0n) is 13.4. The highest BCUT2D eigenvalue weighted by atomic mass is 32.1. The molecule has 0 spiro atoms. The number of piperidine rings is 1. The number of hydrogen-bond donors (Lipinski definition) is 2. The van der Waals surface area contributed by atoms with Crippen LogP contribution in [0.5, 0.6) is 5.75 Å². The third kappa shape index (κ3) is 5.81. The third-order valence-corrected chi connectivity index (χ3v) is 4.07. The molecule has 22 heavy (non-hydrogen) atoms. The van der Waals surface area contributed by atoms with Crippen molar-refractivity contribution in [1.82, 2.24) is 10.2 Å². The largest absolute Gasteiger partial charge is 0.492 e. The molecule has 0 saturated carbocycles. The van der Waals surface area contributed by atoms with Crippen LogP contribution in [0.25, 0.3) is 0 Å². The molecule has 0 radical (unpaired) electrons. The van der Waals surface area contributed by atoms with Crippen molar-refractivity contribution >= 4 is 23.0 Å². The van der Waals surface area contributed by atoms with Gasteiger partial charge in [0.25, 0.3) is 0 Å². The maximum absolute atomic E-state index is 5.59. The van der Waals surface area contributed by atoms with Crippen LogP contribution in [-0.4, -0.2) is 42.8 Å². The lowest BCUT2D eigenvalue weighted by Gasteiger charge is -2.26. The predicted molar refractivity (Wildman–Crippen MR) is 96.7 cm³/mol. The van der Waals surface area contributed by atoms with Gasteiger partial charge in [0.05, 0.1) is 12.3 Å². The Balaban J connectivity index is 1.67. The first-order valence-corrected chi connectivity index (χ1v) is 8.69. The number of nitrogens with zero attached hydrogens (tertiary/aromatic N) is 1. The molecule has 1 aliphatic heterocycles. The summed E-state index contributed by atoms with van der Waals surface area (Å²) in [5.74, 6) is 0.836. The van der Waals surface area contributed by atoms with E-state index in [9.17, 15) is 0 Å². The molecule has 1 aliphatic rings. The second-order valence-electron chi connectivity index (χ2n) is 5.57. The first-order chi connectivity index (χ1) is 10.8. The monoisotopic (exact) mass is 321 g/mol. The molecule has 2 rings (SSSR count). The van der Waals surface area contributed by atoms with Crippen LogP contribution < -0.4 is 15.4 Å². The van der Waals surface area contributed by atoms with Gasteiger partial charge < -0.3 is 20.3 Å². The van der Waals surface area contributed by atoms with Gasteiger partial charge in [-0.1, -0.05) is 18.6 Å². The fourth-order valence-electron chi connectivity index (χ4n) is 2.71. The van der Waals surface area contributed by atoms with Crippen molar-refractivity contribution in [3.63, 3.8) is 0 Å². The average molecular weight is 321 g/mol. The second-order valence-corrected chi connectivity index (χ2v) is 5.97. The van der Waals surface area contributed by atoms with Gasteiger partial charge in [0, 0.05) is 6.54 Å². The Morgan fingerprint density at radius 1 is 1.23 bits per heavy atom. The summed E-state index contributed by atoms with van der Waals surface area (Å²) >= 11 is 5.36. The van der Waals surface area contributed by atoms with Crippen LogP contribution in [0, 0.1) is 0 Å². The number of anilines is 1. The lowest BCUT2D eigenvalue weighted by molar-refractivity contribution is 0.227. The van der Waals surface area contributed by atoms with E-state index < -0.39 is 0 Å². The topological polar surface area (TPSA) is 36.5 Å². The van der Waals surface area contributed by atoms with Crippen molar-refractivity contribution in [2.45, 2.75) is 32.6 Å². The summed E-state index contributed by atoms with van der Waals surface area (Å²) in [5.41, 5.74) is 0.915. The van der Waals surface area contributed by atoms with E-state index in [2.05, 4.69) is 15.5 Å². The SMILES string of the molecule is CCOc1ccccc1NC(=S)NCCCN1CCCCC1. The van der Waals surface area contributed by atoms with Crippen LogP contribution in [0.3, 0.4) is 0 Å². The number of thiocarbonyl (C=S) groups is 1. The van der Waals surface area contributed by atoms with Crippen LogP contribution in [0.1, 0.15) is 32.6 Å². The molecule has 1 aromatic rings. The Hall–Kier alpha value is -1.33. The van der Waals surface area contributed by atoms with Crippen molar-refractivity contribution in [2.24, 2.45) is 0 Å². The zero-order valence-corrected chi connectivity index (χ0v) is 14.3. The highest BCUT2D eigenvalue weighted by molar-refractivity contribution is 7.80. The number of nitrogens with one attached hydrogen (secondary N) is 2. The van der Waals surface area contributed by atoms with Gasteiger partial charge >= 0.3 is 0 Å². The van der Waals surface area contributed by atoms with Crippen molar-refractivity contribution in [1.29, 1.82) is 0 Å². The fourth-order valence-corrected chi connectivity index (χ4v) is 2.92. The van der Waals surface area contributed by atoms with Crippen molar-refractivity contribution in [2.75, 3.05) is 38.1 Å². The van der Waals surface area contributed by atoms with E-state index in [4.69, 9.17) is 17.0 Å². The first-order valence-electron chi connectivity index (χ1n) is 8.28. The summed E-state index contributed by atoms with van der Waals surface area (Å²) in [6.07, 6.45) is 5.21. The third-order valence-electron chi connectivity index (χ3n) is 3.82. The molecule has 2 N–H and O–H groups in total. The molecule has 4 nitrogen and oxygen atoms in total. The summed E-state index contributed by atoms with van der Waals surface area (Å²) in [4.78, 5) is 2.55. The Labute approximate surface area is 139 Å². The smallest absolute Gasteiger partial charge is 0.170 e. The minimum absolute atomic E-state index is 0.648. The van der Waals surface area contributed by atoms with Crippen molar-refractivity contribution in [3.8, 4) is 5.75 Å². The van der Waals surface area contributed by atoms with E-state index in [1.54, 1.807) is 0 Å². The van der Waals surface area contributed by atoms with Crippen molar-refractivity contribution < 1.29 is 4.74 Å². The average Bonchev–Trinajstić information content (AvgIpc) is 2.55. The fraction of sp³-hybridized carbons (Fsp3) is 0.588. The summed E-state index contributed by atoms with van der Waals surface area (Å²) in [6.45, 7) is 7.20. The van der Waals surface area contributed by atoms with E-state index in [0.717, 1.165) is 30.9 Å². The maximum Gasteiger partial charge on any atom is 0.170 e. The van der Waals surface area contributed by atoms with Gasteiger partial charge in [-0.3, -0.25) is 0 Å². The lowest BCUT2D eigenvalue weighted by atomic mass is 10.1. The van der Waals surface area contributed by atoms with Crippen LogP contribution in [0.2, 0.25) is 0 Å². The molecule has 1 saturated heterocycles. The number of hydrogen-bond acceptors (Lipinski definition) is 3. The van der Waals surface area contributed by atoms with Gasteiger partial charge in [-0.15, -0.1) is 0 Å². The molecular weight excluding hydrogens is 294 g/mol. The zero-order chi connectivity index (χ0) is 15.6. The highest BCUT2D eigenvalue weighted by Crippen LogP contribution is 2.23. The van der Waals surface area contributed by atoms with Crippen LogP contribution in [0.15, 0.2) is 24.3 Å². The van der Waals surface area contributed by atoms with E-state index in [0.29, 0.717) is 11.7 Å². The molecule has 0 amide bonds. The number of ether oxygens (including phenoxy) is 1. The molecule has 5 heteroatoms. The Kier molecular flexibility index (Phi) is 7.46. The Morgan fingerprint density at radius 3 is 2.77 bits per heavy atom. The molecular formula is C17H27N3OS. The standard InChI is InChI=1S/C17H27N3OS/c1-2-21-16-10-5-4-9-15(16)19-17(22)18-11-8-14-20-12-6-3-7-13-20/h4-5,9-10H,2-3,6-8,11-14H2,1H3,(H2,18,19,22). The van der Waals surface area contributed by atoms with Gasteiger partial charge in [0.2, 0.25) is 0 Å². The molecule has 1 fully saturated rings. The van der Waals surface area contributed by atoms with Crippen LogP contribution in [-0.2, 0) is 0 Å². The summed E-state index contributed by atoms with van der Waals surface area (Å²) in [5, 5.41) is 7.15. The van der Waals surface area contributed by atoms with E-state index in [1.807, 2.05) is 31.2 Å². The summed E-state index contributed by atoms with van der Waals surface area (Å²) in [6, 6.07) is 7.87. The molecule has 1 heterocycles. The molecule has 0 atom stereocenters. The van der Waals surface area contributed by atoms with E-state index in [1.165, 1.54) is 32.4 Å². The molecule has 0 aromatic heterocycles. The number of rotatable bonds is 7. The van der Waals surface area contributed by atoms with E-state index >= 15 is 0 Å². The summed E-state index contributed by atoms with van der Waals surface area (Å²) in [7, 11) is 0. The Morgan fingerprint density at radius 2 is 2.00 bits per heavy atom. The van der Waals surface area contributed by atoms with Crippen LogP contribution in [0.4, 0.5) is 5.69 Å². The molecule has 122 valence electrons. The van der Waals surface area contributed by atoms with Gasteiger partial charge in [-0.2, -0.15) is 0 Å². The second kappa shape index (κ2) is 9.64. The summed E-state index contributed by atoms with van der Waals surface area (Å²) < 4.78 is 5.59. The minimum Gasteiger partial charge on any atom is -0.492 e. The minimum atomic E-state index is 0.648. The predicted octanol–water partition coefficient (Wildman–Crippen LogP) is 3.25. The van der Waals surface area contributed by atoms with Gasteiger partial charge in [-0.05, 0) is 70.2 Å².